The van der Waals surface area contributed by atoms with Crippen LogP contribution in [0.3, 0.4) is 0 Å². The van der Waals surface area contributed by atoms with Crippen LogP contribution in [0.25, 0.3) is 0 Å². The molecule has 1 saturated carbocycles. The van der Waals surface area contributed by atoms with Crippen molar-refractivity contribution in [2.45, 2.75) is 70.4 Å². The molecule has 2 atom stereocenters. The second-order valence-corrected chi connectivity index (χ2v) is 7.79. The lowest BCUT2D eigenvalue weighted by molar-refractivity contribution is -0.120. The third kappa shape index (κ3) is 2.78. The molecule has 2 unspecified atom stereocenters. The first-order valence-electron chi connectivity index (χ1n) is 7.93. The summed E-state index contributed by atoms with van der Waals surface area (Å²) in [5.41, 5.74) is 7.86. The van der Waals surface area contributed by atoms with E-state index in [1.165, 1.54) is 37.0 Å². The lowest BCUT2D eigenvalue weighted by Gasteiger charge is -2.45. The van der Waals surface area contributed by atoms with E-state index >= 15 is 0 Å². The van der Waals surface area contributed by atoms with Gasteiger partial charge in [-0.25, -0.2) is 4.98 Å². The molecule has 1 aliphatic heterocycles. The van der Waals surface area contributed by atoms with E-state index in [0.29, 0.717) is 5.92 Å². The van der Waals surface area contributed by atoms with E-state index in [1.54, 1.807) is 11.3 Å². The van der Waals surface area contributed by atoms with Gasteiger partial charge in [-0.05, 0) is 45.4 Å². The summed E-state index contributed by atoms with van der Waals surface area (Å²) in [4.78, 5) is 5.83. The second-order valence-electron chi connectivity index (χ2n) is 6.55. The number of hydrogen-bond acceptors (Lipinski definition) is 4. The minimum absolute atomic E-state index is 0.143. The van der Waals surface area contributed by atoms with Crippen molar-refractivity contribution in [1.82, 2.24) is 4.98 Å². The van der Waals surface area contributed by atoms with Crippen LogP contribution in [0.4, 0.5) is 0 Å². The van der Waals surface area contributed by atoms with Crippen molar-refractivity contribution in [3.05, 3.63) is 15.6 Å². The number of hydrogen-bond donors (Lipinski definition) is 1. The summed E-state index contributed by atoms with van der Waals surface area (Å²) in [5, 5.41) is 1.13. The molecule has 112 valence electrons. The Bertz CT molecular complexity index is 460. The molecule has 3 rings (SSSR count). The van der Waals surface area contributed by atoms with E-state index in [2.05, 4.69) is 18.8 Å². The fraction of sp³-hybridized carbons (Fsp3) is 0.812. The van der Waals surface area contributed by atoms with Crippen molar-refractivity contribution in [2.24, 2.45) is 11.7 Å². The average Bonchev–Trinajstić information content (AvgIpc) is 2.78. The summed E-state index contributed by atoms with van der Waals surface area (Å²) in [6.45, 7) is 5.05. The summed E-state index contributed by atoms with van der Waals surface area (Å²) in [5.74, 6) is 0.556. The fourth-order valence-corrected chi connectivity index (χ4v) is 5.01. The molecule has 0 radical (unpaired) electrons. The van der Waals surface area contributed by atoms with Crippen LogP contribution >= 0.6 is 11.3 Å². The monoisotopic (exact) mass is 294 g/mol. The van der Waals surface area contributed by atoms with E-state index in [-0.39, 0.29) is 11.6 Å². The molecule has 0 amide bonds. The molecule has 1 aromatic rings. The Kier molecular flexibility index (Phi) is 4.16. The molecule has 2 fully saturated rings. The van der Waals surface area contributed by atoms with Gasteiger partial charge < -0.3 is 10.5 Å². The van der Waals surface area contributed by atoms with Crippen LogP contribution in [-0.2, 0) is 4.74 Å². The fourth-order valence-electron chi connectivity index (χ4n) is 3.99. The van der Waals surface area contributed by atoms with Crippen LogP contribution in [0.5, 0.6) is 0 Å². The number of nitrogens with zero attached hydrogens (tertiary/aromatic N) is 1. The Labute approximate surface area is 125 Å². The predicted octanol–water partition coefficient (Wildman–Crippen LogP) is 3.89. The van der Waals surface area contributed by atoms with Crippen molar-refractivity contribution in [1.29, 1.82) is 0 Å². The molecule has 4 heteroatoms. The molecule has 2 heterocycles. The highest BCUT2D eigenvalue weighted by Crippen LogP contribution is 2.44. The minimum atomic E-state index is 0.143. The number of rotatable bonds is 2. The maximum absolute atomic E-state index is 6.59. The van der Waals surface area contributed by atoms with E-state index in [0.717, 1.165) is 30.2 Å². The van der Waals surface area contributed by atoms with Gasteiger partial charge in [0, 0.05) is 17.5 Å². The van der Waals surface area contributed by atoms with E-state index in [1.807, 2.05) is 0 Å². The summed E-state index contributed by atoms with van der Waals surface area (Å²) in [7, 11) is 0. The molecule has 2 aliphatic rings. The predicted molar refractivity (Wildman–Crippen MR) is 83.0 cm³/mol. The first-order valence-corrected chi connectivity index (χ1v) is 8.75. The topological polar surface area (TPSA) is 48.1 Å². The standard InChI is InChI=1S/C16H26N2OS/c1-11-15(20-12(2)18-11)14(17)13-6-9-19-16(10-13)7-4-3-5-8-16/h13-14H,3-10,17H2,1-2H3. The highest BCUT2D eigenvalue weighted by atomic mass is 32.1. The van der Waals surface area contributed by atoms with Crippen molar-refractivity contribution >= 4 is 11.3 Å². The number of aryl methyl sites for hydroxylation is 2. The quantitative estimate of drug-likeness (QED) is 0.900. The summed E-state index contributed by atoms with van der Waals surface area (Å²) in [6, 6.07) is 0.143. The van der Waals surface area contributed by atoms with Crippen LogP contribution in [-0.4, -0.2) is 17.2 Å². The number of aromatic nitrogens is 1. The van der Waals surface area contributed by atoms with Crippen LogP contribution in [0.1, 0.15) is 66.6 Å². The lowest BCUT2D eigenvalue weighted by atomic mass is 9.74. The Morgan fingerprint density at radius 2 is 2.05 bits per heavy atom. The maximum Gasteiger partial charge on any atom is 0.0900 e. The Hall–Kier alpha value is -0.450. The Morgan fingerprint density at radius 3 is 2.70 bits per heavy atom. The summed E-state index contributed by atoms with van der Waals surface area (Å²) in [6.07, 6.45) is 8.72. The molecule has 0 aromatic carbocycles. The number of thiazole rings is 1. The van der Waals surface area contributed by atoms with Gasteiger partial charge >= 0.3 is 0 Å². The van der Waals surface area contributed by atoms with Crippen LogP contribution in [0, 0.1) is 19.8 Å². The molecule has 3 nitrogen and oxygen atoms in total. The third-order valence-electron chi connectivity index (χ3n) is 5.05. The van der Waals surface area contributed by atoms with Crippen molar-refractivity contribution < 1.29 is 4.74 Å². The van der Waals surface area contributed by atoms with Gasteiger partial charge in [0.25, 0.3) is 0 Å². The normalized spacial score (nSPS) is 27.6. The largest absolute Gasteiger partial charge is 0.375 e. The van der Waals surface area contributed by atoms with Gasteiger partial charge in [-0.15, -0.1) is 11.3 Å². The zero-order valence-electron chi connectivity index (χ0n) is 12.7. The maximum atomic E-state index is 6.59. The second kappa shape index (κ2) is 5.74. The third-order valence-corrected chi connectivity index (χ3v) is 6.22. The number of ether oxygens (including phenoxy) is 1. The van der Waals surface area contributed by atoms with Crippen molar-refractivity contribution in [3.8, 4) is 0 Å². The molecule has 0 bridgehead atoms. The van der Waals surface area contributed by atoms with Gasteiger partial charge in [0.15, 0.2) is 0 Å². The molecule has 1 aromatic heterocycles. The average molecular weight is 294 g/mol. The highest BCUT2D eigenvalue weighted by Gasteiger charge is 2.40. The molecule has 1 spiro atoms. The Morgan fingerprint density at radius 1 is 1.30 bits per heavy atom. The molecule has 2 N–H and O–H groups in total. The van der Waals surface area contributed by atoms with E-state index in [9.17, 15) is 0 Å². The summed E-state index contributed by atoms with van der Waals surface area (Å²) >= 11 is 1.77. The number of nitrogens with two attached hydrogens (primary N) is 1. The van der Waals surface area contributed by atoms with Gasteiger partial charge in [0.2, 0.25) is 0 Å². The zero-order valence-corrected chi connectivity index (χ0v) is 13.5. The molecular formula is C16H26N2OS. The molecule has 1 saturated heterocycles. The van der Waals surface area contributed by atoms with Crippen LogP contribution in [0.2, 0.25) is 0 Å². The van der Waals surface area contributed by atoms with Crippen LogP contribution in [0.15, 0.2) is 0 Å². The van der Waals surface area contributed by atoms with E-state index < -0.39 is 0 Å². The lowest BCUT2D eigenvalue weighted by Crippen LogP contribution is -2.44. The van der Waals surface area contributed by atoms with Gasteiger partial charge in [-0.2, -0.15) is 0 Å². The van der Waals surface area contributed by atoms with Crippen LogP contribution < -0.4 is 5.73 Å². The highest BCUT2D eigenvalue weighted by molar-refractivity contribution is 7.11. The van der Waals surface area contributed by atoms with Gasteiger partial charge in [0.1, 0.15) is 0 Å². The minimum Gasteiger partial charge on any atom is -0.375 e. The van der Waals surface area contributed by atoms with Crippen molar-refractivity contribution in [3.63, 3.8) is 0 Å². The van der Waals surface area contributed by atoms with Gasteiger partial charge in [0.05, 0.1) is 16.3 Å². The molecular weight excluding hydrogens is 268 g/mol. The zero-order chi connectivity index (χ0) is 14.2. The van der Waals surface area contributed by atoms with Gasteiger partial charge in [-0.3, -0.25) is 0 Å². The molecule has 1 aliphatic carbocycles. The first-order chi connectivity index (χ1) is 9.60. The molecule has 20 heavy (non-hydrogen) atoms. The van der Waals surface area contributed by atoms with Crippen molar-refractivity contribution in [2.75, 3.05) is 6.61 Å². The smallest absolute Gasteiger partial charge is 0.0900 e. The summed E-state index contributed by atoms with van der Waals surface area (Å²) < 4.78 is 6.19. The van der Waals surface area contributed by atoms with Gasteiger partial charge in [-0.1, -0.05) is 19.3 Å². The first kappa shape index (κ1) is 14.5. The SMILES string of the molecule is Cc1nc(C)c(C(N)C2CCOC3(CCCCC3)C2)s1. The van der Waals surface area contributed by atoms with E-state index in [4.69, 9.17) is 10.5 Å². The Balaban J connectivity index is 1.74.